The van der Waals surface area contributed by atoms with Gasteiger partial charge in [-0.1, -0.05) is 42.5 Å². The van der Waals surface area contributed by atoms with Crippen LogP contribution in [0, 0.1) is 0 Å². The summed E-state index contributed by atoms with van der Waals surface area (Å²) in [5.41, 5.74) is 1.33. The van der Waals surface area contributed by atoms with Gasteiger partial charge in [0, 0.05) is 31.0 Å². The van der Waals surface area contributed by atoms with Gasteiger partial charge in [0.2, 0.25) is 0 Å². The highest BCUT2D eigenvalue weighted by molar-refractivity contribution is 6.46. The number of likely N-dealkylation sites (tertiary alicyclic amines) is 1. The molecule has 7 heteroatoms. The molecule has 0 aliphatic carbocycles. The van der Waals surface area contributed by atoms with Gasteiger partial charge in [0.1, 0.15) is 11.5 Å². The minimum Gasteiger partial charge on any atom is -0.507 e. The van der Waals surface area contributed by atoms with Crippen molar-refractivity contribution in [2.75, 3.05) is 13.7 Å². The van der Waals surface area contributed by atoms with E-state index < -0.39 is 17.7 Å². The molecular weight excluding hydrogens is 394 g/mol. The van der Waals surface area contributed by atoms with E-state index in [4.69, 9.17) is 4.74 Å². The summed E-state index contributed by atoms with van der Waals surface area (Å²) < 4.78 is 7.15. The van der Waals surface area contributed by atoms with Gasteiger partial charge >= 0.3 is 0 Å². The predicted molar refractivity (Wildman–Crippen MR) is 115 cm³/mol. The number of nitrogens with zero attached hydrogens (tertiary/aromatic N) is 3. The maximum Gasteiger partial charge on any atom is 0.295 e. The first-order valence-corrected chi connectivity index (χ1v) is 10.0. The number of methoxy groups -OCH3 is 1. The van der Waals surface area contributed by atoms with Crippen LogP contribution in [0.15, 0.2) is 78.9 Å². The zero-order chi connectivity index (χ0) is 21.8. The SMILES string of the molecule is COc1ccc([C@H]2/C(=C(\O)c3ccccc3)C(=O)C(=O)N2CCCn2ccnc2)cc1. The van der Waals surface area contributed by atoms with Crippen LogP contribution in [0.4, 0.5) is 0 Å². The number of imidazole rings is 1. The summed E-state index contributed by atoms with van der Waals surface area (Å²) >= 11 is 0. The lowest BCUT2D eigenvalue weighted by Gasteiger charge is -2.25. The van der Waals surface area contributed by atoms with Gasteiger partial charge in [0.25, 0.3) is 11.7 Å². The average Bonchev–Trinajstić information content (AvgIpc) is 3.41. The monoisotopic (exact) mass is 417 g/mol. The molecule has 3 aromatic rings. The van der Waals surface area contributed by atoms with E-state index in [-0.39, 0.29) is 11.3 Å². The molecule has 0 unspecified atom stereocenters. The number of ketones is 1. The number of rotatable bonds is 7. The van der Waals surface area contributed by atoms with Crippen LogP contribution >= 0.6 is 0 Å². The van der Waals surface area contributed by atoms with Crippen LogP contribution < -0.4 is 4.74 Å². The topological polar surface area (TPSA) is 84.7 Å². The number of hydrogen-bond donors (Lipinski definition) is 1. The molecule has 1 aliphatic heterocycles. The fourth-order valence-corrected chi connectivity index (χ4v) is 3.84. The van der Waals surface area contributed by atoms with Crippen molar-refractivity contribution in [2.45, 2.75) is 19.0 Å². The Labute approximate surface area is 180 Å². The lowest BCUT2D eigenvalue weighted by Crippen LogP contribution is -2.31. The van der Waals surface area contributed by atoms with Crippen LogP contribution in [0.25, 0.3) is 5.76 Å². The summed E-state index contributed by atoms with van der Waals surface area (Å²) in [6.07, 6.45) is 5.90. The minimum absolute atomic E-state index is 0.101. The van der Waals surface area contributed by atoms with E-state index in [9.17, 15) is 14.7 Å². The molecule has 1 aromatic heterocycles. The number of benzene rings is 2. The van der Waals surface area contributed by atoms with Crippen molar-refractivity contribution in [1.29, 1.82) is 0 Å². The fraction of sp³-hybridized carbons (Fsp3) is 0.208. The number of ether oxygens (including phenoxy) is 1. The summed E-state index contributed by atoms with van der Waals surface area (Å²) in [7, 11) is 1.58. The fourth-order valence-electron chi connectivity index (χ4n) is 3.84. The largest absolute Gasteiger partial charge is 0.507 e. The molecule has 1 aliphatic rings. The lowest BCUT2D eigenvalue weighted by atomic mass is 9.95. The van der Waals surface area contributed by atoms with Gasteiger partial charge in [-0.2, -0.15) is 0 Å². The molecule has 4 rings (SSSR count). The van der Waals surface area contributed by atoms with E-state index in [1.54, 1.807) is 56.0 Å². The van der Waals surface area contributed by atoms with Crippen molar-refractivity contribution in [3.8, 4) is 5.75 Å². The number of aliphatic hydroxyl groups is 1. The normalized spacial score (nSPS) is 17.8. The zero-order valence-electron chi connectivity index (χ0n) is 17.1. The first-order chi connectivity index (χ1) is 15.1. The summed E-state index contributed by atoms with van der Waals surface area (Å²) in [6.45, 7) is 1.03. The quantitative estimate of drug-likeness (QED) is 0.362. The Kier molecular flexibility index (Phi) is 5.84. The zero-order valence-corrected chi connectivity index (χ0v) is 17.1. The van der Waals surface area contributed by atoms with E-state index in [2.05, 4.69) is 4.98 Å². The van der Waals surface area contributed by atoms with Gasteiger partial charge in [-0.05, 0) is 24.1 Å². The Morgan fingerprint density at radius 2 is 1.81 bits per heavy atom. The first-order valence-electron chi connectivity index (χ1n) is 10.0. The predicted octanol–water partition coefficient (Wildman–Crippen LogP) is 3.40. The summed E-state index contributed by atoms with van der Waals surface area (Å²) in [6, 6.07) is 15.3. The Morgan fingerprint density at radius 3 is 2.45 bits per heavy atom. The number of amides is 1. The molecule has 7 nitrogen and oxygen atoms in total. The third kappa shape index (κ3) is 4.07. The van der Waals surface area contributed by atoms with Crippen molar-refractivity contribution < 1.29 is 19.4 Å². The molecule has 1 N–H and O–H groups in total. The summed E-state index contributed by atoms with van der Waals surface area (Å²) in [5, 5.41) is 11.0. The average molecular weight is 417 g/mol. The lowest BCUT2D eigenvalue weighted by molar-refractivity contribution is -0.139. The third-order valence-corrected chi connectivity index (χ3v) is 5.39. The van der Waals surface area contributed by atoms with Gasteiger partial charge in [0.05, 0.1) is 25.1 Å². The van der Waals surface area contributed by atoms with Gasteiger partial charge in [-0.15, -0.1) is 0 Å². The molecule has 31 heavy (non-hydrogen) atoms. The number of aryl methyl sites for hydroxylation is 1. The van der Waals surface area contributed by atoms with Crippen LogP contribution in [0.1, 0.15) is 23.6 Å². The van der Waals surface area contributed by atoms with Crippen molar-refractivity contribution in [1.82, 2.24) is 14.5 Å². The Hall–Kier alpha value is -3.87. The second-order valence-corrected chi connectivity index (χ2v) is 7.29. The third-order valence-electron chi connectivity index (χ3n) is 5.39. The van der Waals surface area contributed by atoms with E-state index in [0.717, 1.165) is 5.56 Å². The molecule has 1 fully saturated rings. The van der Waals surface area contributed by atoms with E-state index in [1.165, 1.54) is 4.90 Å². The molecule has 2 heterocycles. The first kappa shape index (κ1) is 20.4. The Morgan fingerprint density at radius 1 is 1.06 bits per heavy atom. The van der Waals surface area contributed by atoms with Crippen LogP contribution in [-0.4, -0.2) is 44.9 Å². The van der Waals surface area contributed by atoms with Gasteiger partial charge in [-0.3, -0.25) is 9.59 Å². The van der Waals surface area contributed by atoms with Crippen LogP contribution in [0.5, 0.6) is 5.75 Å². The second-order valence-electron chi connectivity index (χ2n) is 7.29. The highest BCUT2D eigenvalue weighted by Crippen LogP contribution is 2.39. The molecule has 0 bridgehead atoms. The Bertz CT molecular complexity index is 1090. The van der Waals surface area contributed by atoms with E-state index in [0.29, 0.717) is 30.8 Å². The number of aromatic nitrogens is 2. The molecule has 1 saturated heterocycles. The highest BCUT2D eigenvalue weighted by atomic mass is 16.5. The number of hydrogen-bond acceptors (Lipinski definition) is 5. The van der Waals surface area contributed by atoms with Crippen LogP contribution in [0.2, 0.25) is 0 Å². The van der Waals surface area contributed by atoms with E-state index >= 15 is 0 Å². The standard InChI is InChI=1S/C24H23N3O4/c1-31-19-10-8-17(9-11-19)21-20(22(28)18-6-3-2-4-7-18)23(29)24(30)27(21)14-5-13-26-15-12-25-16-26/h2-4,6-12,15-16,21,28H,5,13-14H2,1H3/b22-20+/t21-/m0/s1. The van der Waals surface area contributed by atoms with Crippen LogP contribution in [-0.2, 0) is 16.1 Å². The summed E-state index contributed by atoms with van der Waals surface area (Å²) in [5.74, 6) is -0.783. The maximum absolute atomic E-state index is 13.0. The molecule has 1 atom stereocenters. The smallest absolute Gasteiger partial charge is 0.295 e. The summed E-state index contributed by atoms with van der Waals surface area (Å²) in [4.78, 5) is 31.5. The molecule has 0 spiro atoms. The van der Waals surface area contributed by atoms with E-state index in [1.807, 2.05) is 29.0 Å². The molecule has 2 aromatic carbocycles. The van der Waals surface area contributed by atoms with Crippen molar-refractivity contribution in [3.05, 3.63) is 90.0 Å². The molecule has 158 valence electrons. The molecular formula is C24H23N3O4. The maximum atomic E-state index is 13.0. The van der Waals surface area contributed by atoms with Crippen molar-refractivity contribution in [3.63, 3.8) is 0 Å². The highest BCUT2D eigenvalue weighted by Gasteiger charge is 2.45. The second kappa shape index (κ2) is 8.87. The van der Waals surface area contributed by atoms with Gasteiger partial charge in [0.15, 0.2) is 0 Å². The number of carbonyl (C=O) groups excluding carboxylic acids is 2. The number of aliphatic hydroxyl groups excluding tert-OH is 1. The van der Waals surface area contributed by atoms with Gasteiger partial charge in [-0.25, -0.2) is 4.98 Å². The number of Topliss-reactive ketones (excluding diaryl/α,β-unsaturated/α-hetero) is 1. The van der Waals surface area contributed by atoms with Crippen molar-refractivity contribution in [2.24, 2.45) is 0 Å². The van der Waals surface area contributed by atoms with Crippen LogP contribution in [0.3, 0.4) is 0 Å². The molecule has 0 radical (unpaired) electrons. The number of carbonyl (C=O) groups is 2. The molecule has 1 amide bonds. The minimum atomic E-state index is -0.676. The van der Waals surface area contributed by atoms with Crippen molar-refractivity contribution >= 4 is 17.4 Å². The van der Waals surface area contributed by atoms with Gasteiger partial charge < -0.3 is 19.3 Å². The molecule has 0 saturated carbocycles. The Balaban J connectivity index is 1.72.